The van der Waals surface area contributed by atoms with Crippen LogP contribution in [0.5, 0.6) is 0 Å². The summed E-state index contributed by atoms with van der Waals surface area (Å²) in [5.41, 5.74) is 0.255. The number of benzene rings is 1. The Morgan fingerprint density at radius 3 is 2.76 bits per heavy atom. The zero-order chi connectivity index (χ0) is 23.9. The summed E-state index contributed by atoms with van der Waals surface area (Å²) in [7, 11) is 0. The second-order valence-electron chi connectivity index (χ2n) is 7.83. The van der Waals surface area contributed by atoms with Gasteiger partial charge >= 0.3 is 12.1 Å². The van der Waals surface area contributed by atoms with Crippen molar-refractivity contribution in [1.29, 1.82) is 0 Å². The van der Waals surface area contributed by atoms with Crippen molar-refractivity contribution in [1.82, 2.24) is 4.98 Å². The number of carbonyl (C=O) groups is 2. The third kappa shape index (κ3) is 4.28. The molecule has 5 rings (SSSR count). The Morgan fingerprint density at radius 2 is 2.06 bits per heavy atom. The van der Waals surface area contributed by atoms with Crippen molar-refractivity contribution in [3.63, 3.8) is 0 Å². The molecule has 172 valence electrons. The SMILES string of the molecule is CC(OC(=O)Nc1ocnc1C#Cc1cc2cc(C3(C(=O)O)CC3)sc2s1)c1ccccc1Cl. The molecular weight excluding hydrogens is 496 g/mol. The van der Waals surface area contributed by atoms with E-state index < -0.39 is 23.6 Å². The summed E-state index contributed by atoms with van der Waals surface area (Å²) >= 11 is 9.16. The van der Waals surface area contributed by atoms with E-state index >= 15 is 0 Å². The number of amides is 1. The number of nitrogens with one attached hydrogen (secondary N) is 1. The van der Waals surface area contributed by atoms with E-state index in [1.165, 1.54) is 29.1 Å². The Morgan fingerprint density at radius 1 is 1.26 bits per heavy atom. The number of aliphatic carboxylic acids is 1. The van der Waals surface area contributed by atoms with E-state index in [0.717, 1.165) is 19.2 Å². The van der Waals surface area contributed by atoms with E-state index in [2.05, 4.69) is 22.1 Å². The second kappa shape index (κ2) is 8.80. The lowest BCUT2D eigenvalue weighted by Gasteiger charge is -2.14. The monoisotopic (exact) mass is 512 g/mol. The standard InChI is InChI=1S/C24H17ClN2O5S2/c1-13(16-4-2-3-5-17(16)25)32-23(30)27-20-18(26-12-31-20)7-6-15-10-14-11-19(34-21(14)33-15)24(8-9-24)22(28)29/h2-5,10-13H,8-9H2,1H3,(H,27,30)(H,28,29). The molecule has 1 fully saturated rings. The summed E-state index contributed by atoms with van der Waals surface area (Å²) in [5.74, 6) is 5.27. The maximum Gasteiger partial charge on any atom is 0.414 e. The molecule has 10 heteroatoms. The van der Waals surface area contributed by atoms with Crippen LogP contribution in [0.4, 0.5) is 10.7 Å². The largest absolute Gasteiger partial charge is 0.481 e. The third-order valence-corrected chi connectivity index (χ3v) is 8.41. The molecule has 0 radical (unpaired) electrons. The smallest absolute Gasteiger partial charge is 0.414 e. The fourth-order valence-corrected chi connectivity index (χ4v) is 6.35. The van der Waals surface area contributed by atoms with Crippen LogP contribution in [0.2, 0.25) is 5.02 Å². The predicted molar refractivity (Wildman–Crippen MR) is 131 cm³/mol. The van der Waals surface area contributed by atoms with E-state index in [-0.39, 0.29) is 11.6 Å². The van der Waals surface area contributed by atoms with Crippen LogP contribution in [0.25, 0.3) is 9.40 Å². The minimum Gasteiger partial charge on any atom is -0.481 e. The van der Waals surface area contributed by atoms with Crippen LogP contribution in [-0.2, 0) is 14.9 Å². The van der Waals surface area contributed by atoms with Gasteiger partial charge in [-0.3, -0.25) is 10.1 Å². The predicted octanol–water partition coefficient (Wildman–Crippen LogP) is 6.43. The Kier molecular flexibility index (Phi) is 5.81. The summed E-state index contributed by atoms with van der Waals surface area (Å²) in [4.78, 5) is 29.7. The Bertz CT molecular complexity index is 1440. The van der Waals surface area contributed by atoms with E-state index in [1.54, 1.807) is 25.1 Å². The number of ether oxygens (including phenoxy) is 1. The first-order chi connectivity index (χ1) is 16.4. The number of hydrogen-bond donors (Lipinski definition) is 2. The number of aromatic nitrogens is 1. The van der Waals surface area contributed by atoms with Gasteiger partial charge in [-0.15, -0.1) is 22.7 Å². The molecule has 1 unspecified atom stereocenters. The molecule has 1 amide bonds. The molecule has 1 aliphatic rings. The average molecular weight is 513 g/mol. The number of thiophene rings is 2. The number of carbonyl (C=O) groups excluding carboxylic acids is 1. The zero-order valence-corrected chi connectivity index (χ0v) is 20.1. The molecule has 1 saturated carbocycles. The minimum atomic E-state index is -0.757. The maximum absolute atomic E-state index is 12.3. The zero-order valence-electron chi connectivity index (χ0n) is 17.8. The van der Waals surface area contributed by atoms with Crippen molar-refractivity contribution < 1.29 is 23.8 Å². The second-order valence-corrected chi connectivity index (χ2v) is 10.6. The van der Waals surface area contributed by atoms with Gasteiger partial charge in [-0.25, -0.2) is 9.78 Å². The molecule has 34 heavy (non-hydrogen) atoms. The van der Waals surface area contributed by atoms with Crippen LogP contribution in [0.3, 0.4) is 0 Å². The van der Waals surface area contributed by atoms with Crippen LogP contribution in [0.15, 0.2) is 47.2 Å². The van der Waals surface area contributed by atoms with Crippen LogP contribution in [0.1, 0.15) is 46.9 Å². The lowest BCUT2D eigenvalue weighted by atomic mass is 10.1. The number of carboxylic acid groups (broad SMARTS) is 1. The van der Waals surface area contributed by atoms with Crippen LogP contribution >= 0.6 is 34.3 Å². The van der Waals surface area contributed by atoms with Gasteiger partial charge < -0.3 is 14.3 Å². The third-order valence-electron chi connectivity index (χ3n) is 5.56. The molecule has 1 aromatic carbocycles. The number of fused-ring (bicyclic) bond motifs is 1. The van der Waals surface area contributed by atoms with Gasteiger partial charge in [0.1, 0.15) is 11.5 Å². The molecule has 0 spiro atoms. The number of hydrogen-bond acceptors (Lipinski definition) is 7. The molecule has 1 atom stereocenters. The summed E-state index contributed by atoms with van der Waals surface area (Å²) in [6.45, 7) is 1.72. The van der Waals surface area contributed by atoms with Gasteiger partial charge in [0.2, 0.25) is 5.88 Å². The van der Waals surface area contributed by atoms with E-state index in [0.29, 0.717) is 23.4 Å². The number of nitrogens with zero attached hydrogens (tertiary/aromatic N) is 1. The number of oxazole rings is 1. The van der Waals surface area contributed by atoms with Crippen molar-refractivity contribution in [2.75, 3.05) is 5.32 Å². The van der Waals surface area contributed by atoms with Gasteiger partial charge in [-0.1, -0.05) is 29.8 Å². The Labute approximate surface area is 207 Å². The van der Waals surface area contributed by atoms with Crippen molar-refractivity contribution >= 4 is 61.6 Å². The molecule has 2 N–H and O–H groups in total. The van der Waals surface area contributed by atoms with E-state index in [4.69, 9.17) is 20.8 Å². The summed E-state index contributed by atoms with van der Waals surface area (Å²) < 4.78 is 11.7. The first kappa shape index (κ1) is 22.5. The van der Waals surface area contributed by atoms with Crippen LogP contribution < -0.4 is 5.32 Å². The quantitative estimate of drug-likeness (QED) is 0.299. The highest BCUT2D eigenvalue weighted by atomic mass is 35.5. The summed E-state index contributed by atoms with van der Waals surface area (Å²) in [6.07, 6.45) is 1.28. The highest BCUT2D eigenvalue weighted by Gasteiger charge is 2.53. The molecule has 1 aliphatic carbocycles. The average Bonchev–Trinajstić information content (AvgIpc) is 3.12. The van der Waals surface area contributed by atoms with Gasteiger partial charge in [-0.05, 0) is 49.8 Å². The molecule has 4 aromatic rings. The van der Waals surface area contributed by atoms with E-state index in [1.807, 2.05) is 18.2 Å². The minimum absolute atomic E-state index is 0.0849. The summed E-state index contributed by atoms with van der Waals surface area (Å²) in [5, 5.41) is 13.5. The lowest BCUT2D eigenvalue weighted by Crippen LogP contribution is -2.17. The topological polar surface area (TPSA) is 102 Å². The number of anilines is 1. The molecule has 0 saturated heterocycles. The number of rotatable bonds is 5. The van der Waals surface area contributed by atoms with E-state index in [9.17, 15) is 14.7 Å². The van der Waals surface area contributed by atoms with Gasteiger partial charge in [0, 0.05) is 20.8 Å². The molecule has 0 bridgehead atoms. The first-order valence-electron chi connectivity index (χ1n) is 10.3. The highest BCUT2D eigenvalue weighted by Crippen LogP contribution is 2.52. The van der Waals surface area contributed by atoms with Crippen molar-refractivity contribution in [3.05, 3.63) is 68.8 Å². The van der Waals surface area contributed by atoms with Crippen LogP contribution in [-0.4, -0.2) is 22.2 Å². The van der Waals surface area contributed by atoms with Crippen molar-refractivity contribution in [2.24, 2.45) is 0 Å². The molecule has 3 heterocycles. The number of carboxylic acids is 1. The normalized spacial score (nSPS) is 14.8. The Balaban J connectivity index is 1.27. The lowest BCUT2D eigenvalue weighted by molar-refractivity contribution is -0.139. The van der Waals surface area contributed by atoms with Gasteiger partial charge in [0.25, 0.3) is 0 Å². The highest BCUT2D eigenvalue weighted by molar-refractivity contribution is 7.38. The van der Waals surface area contributed by atoms with Gasteiger partial charge in [0.05, 0.1) is 8.89 Å². The first-order valence-corrected chi connectivity index (χ1v) is 12.3. The Hall–Kier alpha value is -3.32. The molecule has 0 aliphatic heterocycles. The maximum atomic E-state index is 12.3. The number of halogens is 1. The molecule has 7 nitrogen and oxygen atoms in total. The fraction of sp³-hybridized carbons (Fsp3) is 0.208. The van der Waals surface area contributed by atoms with Gasteiger partial charge in [0.15, 0.2) is 12.1 Å². The van der Waals surface area contributed by atoms with Gasteiger partial charge in [-0.2, -0.15) is 0 Å². The van der Waals surface area contributed by atoms with Crippen molar-refractivity contribution in [2.45, 2.75) is 31.3 Å². The molecular formula is C24H17ClN2O5S2. The molecule has 3 aromatic heterocycles. The fourth-order valence-electron chi connectivity index (χ4n) is 3.52. The van der Waals surface area contributed by atoms with Crippen molar-refractivity contribution in [3.8, 4) is 11.8 Å². The van der Waals surface area contributed by atoms with Crippen LogP contribution in [0, 0.1) is 11.8 Å². The summed E-state index contributed by atoms with van der Waals surface area (Å²) in [6, 6.07) is 11.0.